The van der Waals surface area contributed by atoms with E-state index in [0.717, 1.165) is 11.5 Å². The molecule has 14 heavy (non-hydrogen) atoms. The Balaban J connectivity index is 2.29. The number of thioether (sulfide) groups is 1. The van der Waals surface area contributed by atoms with Crippen molar-refractivity contribution in [3.05, 3.63) is 10.0 Å². The molecule has 0 bridgehead atoms. The van der Waals surface area contributed by atoms with Crippen LogP contribution in [0.5, 0.6) is 0 Å². The molecule has 1 rings (SSSR count). The lowest BCUT2D eigenvalue weighted by atomic mass is 10.4. The Morgan fingerprint density at radius 2 is 2.50 bits per heavy atom. The average molecular weight is 254 g/mol. The Bertz CT molecular complexity index is 320. The summed E-state index contributed by atoms with van der Waals surface area (Å²) in [5, 5.41) is 12.3. The van der Waals surface area contributed by atoms with Crippen molar-refractivity contribution in [3.8, 4) is 0 Å². The number of halogens is 1. The first-order valence-electron chi connectivity index (χ1n) is 3.64. The van der Waals surface area contributed by atoms with Gasteiger partial charge in [-0.05, 0) is 0 Å². The zero-order valence-corrected chi connectivity index (χ0v) is 9.40. The largest absolute Gasteiger partial charge is 0.480 e. The quantitative estimate of drug-likeness (QED) is 0.808. The lowest BCUT2D eigenvalue weighted by Crippen LogP contribution is -2.32. The van der Waals surface area contributed by atoms with E-state index in [2.05, 4.69) is 9.59 Å². The molecule has 0 spiro atoms. The van der Waals surface area contributed by atoms with Crippen LogP contribution in [-0.2, 0) is 10.5 Å². The molecule has 1 heterocycles. The first-order valence-corrected chi connectivity index (χ1v) is 5.94. The maximum absolute atomic E-state index is 10.4. The van der Waals surface area contributed by atoms with Crippen LogP contribution in [0.2, 0.25) is 4.34 Å². The summed E-state index contributed by atoms with van der Waals surface area (Å²) in [7, 11) is 0. The van der Waals surface area contributed by atoms with Gasteiger partial charge < -0.3 is 10.8 Å². The molecular formula is C6H8ClN3O2S2. The number of carbonyl (C=O) groups is 1. The molecule has 0 amide bonds. The van der Waals surface area contributed by atoms with E-state index in [4.69, 9.17) is 22.4 Å². The summed E-state index contributed by atoms with van der Waals surface area (Å²) in [4.78, 5) is 10.4. The molecule has 0 aliphatic heterocycles. The molecule has 5 nitrogen and oxygen atoms in total. The number of aromatic nitrogens is 2. The normalized spacial score (nSPS) is 12.7. The molecule has 0 unspecified atom stereocenters. The minimum atomic E-state index is -1.00. The third kappa shape index (κ3) is 3.41. The Kier molecular flexibility index (Phi) is 4.59. The third-order valence-corrected chi connectivity index (χ3v) is 3.42. The SMILES string of the molecule is N[C@H](CSCc1nnsc1Cl)C(=O)O. The summed E-state index contributed by atoms with van der Waals surface area (Å²) >= 11 is 8.24. The van der Waals surface area contributed by atoms with Crippen molar-refractivity contribution >= 4 is 40.9 Å². The van der Waals surface area contributed by atoms with E-state index >= 15 is 0 Å². The number of hydrogen-bond donors (Lipinski definition) is 2. The number of carboxylic acid groups (broad SMARTS) is 1. The van der Waals surface area contributed by atoms with Gasteiger partial charge >= 0.3 is 5.97 Å². The van der Waals surface area contributed by atoms with Crippen molar-refractivity contribution in [2.75, 3.05) is 5.75 Å². The highest BCUT2D eigenvalue weighted by atomic mass is 35.5. The molecule has 0 aliphatic carbocycles. The van der Waals surface area contributed by atoms with Gasteiger partial charge in [0, 0.05) is 23.0 Å². The molecule has 0 fully saturated rings. The first-order chi connectivity index (χ1) is 6.61. The molecule has 1 atom stereocenters. The van der Waals surface area contributed by atoms with Crippen LogP contribution in [0.25, 0.3) is 0 Å². The Hall–Kier alpha value is -0.370. The zero-order valence-electron chi connectivity index (χ0n) is 7.01. The first kappa shape index (κ1) is 11.7. The zero-order chi connectivity index (χ0) is 10.6. The van der Waals surface area contributed by atoms with Crippen LogP contribution in [0.3, 0.4) is 0 Å². The Labute approximate surface area is 93.8 Å². The number of nitrogens with two attached hydrogens (primary N) is 1. The van der Waals surface area contributed by atoms with Gasteiger partial charge in [-0.25, -0.2) is 0 Å². The smallest absolute Gasteiger partial charge is 0.321 e. The molecule has 0 aliphatic rings. The summed E-state index contributed by atoms with van der Waals surface area (Å²) in [6.07, 6.45) is 0. The molecule has 8 heteroatoms. The van der Waals surface area contributed by atoms with Crippen LogP contribution in [0.1, 0.15) is 5.69 Å². The van der Waals surface area contributed by atoms with Gasteiger partial charge in [0.05, 0.1) is 0 Å². The van der Waals surface area contributed by atoms with E-state index in [0.29, 0.717) is 21.5 Å². The van der Waals surface area contributed by atoms with Gasteiger partial charge in [-0.15, -0.1) is 5.10 Å². The minimum absolute atomic E-state index is 0.336. The fraction of sp³-hybridized carbons (Fsp3) is 0.500. The predicted molar refractivity (Wildman–Crippen MR) is 56.7 cm³/mol. The van der Waals surface area contributed by atoms with Crippen LogP contribution >= 0.6 is 34.9 Å². The van der Waals surface area contributed by atoms with Gasteiger partial charge in [0.1, 0.15) is 16.1 Å². The van der Waals surface area contributed by atoms with E-state index < -0.39 is 12.0 Å². The van der Waals surface area contributed by atoms with Crippen LogP contribution < -0.4 is 5.73 Å². The molecule has 1 aromatic rings. The highest BCUT2D eigenvalue weighted by Crippen LogP contribution is 2.21. The van der Waals surface area contributed by atoms with Gasteiger partial charge in [0.2, 0.25) is 0 Å². The maximum atomic E-state index is 10.4. The fourth-order valence-corrected chi connectivity index (χ4v) is 2.34. The van der Waals surface area contributed by atoms with E-state index in [1.165, 1.54) is 11.8 Å². The van der Waals surface area contributed by atoms with Crippen molar-refractivity contribution in [2.45, 2.75) is 11.8 Å². The van der Waals surface area contributed by atoms with Gasteiger partial charge in [0.25, 0.3) is 0 Å². The summed E-state index contributed by atoms with van der Waals surface area (Å²) in [6.45, 7) is 0. The Morgan fingerprint density at radius 1 is 1.79 bits per heavy atom. The van der Waals surface area contributed by atoms with E-state index in [1.54, 1.807) is 0 Å². The van der Waals surface area contributed by atoms with Gasteiger partial charge in [0.15, 0.2) is 0 Å². The summed E-state index contributed by atoms with van der Waals surface area (Å²) in [5.41, 5.74) is 5.99. The standard InChI is InChI=1S/C6H8ClN3O2S2/c7-5-4(9-10-14-5)2-13-1-3(8)6(11)12/h3H,1-2,8H2,(H,11,12)/t3-/m1/s1. The van der Waals surface area contributed by atoms with Crippen molar-refractivity contribution in [2.24, 2.45) is 5.73 Å². The third-order valence-electron chi connectivity index (χ3n) is 1.36. The number of aliphatic carboxylic acids is 1. The molecular weight excluding hydrogens is 246 g/mol. The summed E-state index contributed by atoms with van der Waals surface area (Å²) in [5.74, 6) is -0.125. The lowest BCUT2D eigenvalue weighted by molar-refractivity contribution is -0.137. The summed E-state index contributed by atoms with van der Waals surface area (Å²) in [6, 6.07) is -0.842. The fourth-order valence-electron chi connectivity index (χ4n) is 0.637. The number of hydrogen-bond acceptors (Lipinski definition) is 6. The van der Waals surface area contributed by atoms with Crippen molar-refractivity contribution in [1.82, 2.24) is 9.59 Å². The van der Waals surface area contributed by atoms with Crippen molar-refractivity contribution in [3.63, 3.8) is 0 Å². The van der Waals surface area contributed by atoms with Crippen molar-refractivity contribution < 1.29 is 9.90 Å². The van der Waals surface area contributed by atoms with Crippen LogP contribution in [-0.4, -0.2) is 32.5 Å². The monoisotopic (exact) mass is 253 g/mol. The molecule has 0 aromatic carbocycles. The Morgan fingerprint density at radius 3 is 3.00 bits per heavy atom. The van der Waals surface area contributed by atoms with Crippen molar-refractivity contribution in [1.29, 1.82) is 0 Å². The second-order valence-electron chi connectivity index (χ2n) is 2.45. The predicted octanol–water partition coefficient (Wildman–Crippen LogP) is 0.837. The highest BCUT2D eigenvalue weighted by molar-refractivity contribution is 7.98. The maximum Gasteiger partial charge on any atom is 0.321 e. The lowest BCUT2D eigenvalue weighted by Gasteiger charge is -2.03. The molecule has 0 saturated heterocycles. The highest BCUT2D eigenvalue weighted by Gasteiger charge is 2.12. The minimum Gasteiger partial charge on any atom is -0.480 e. The number of carboxylic acids is 1. The van der Waals surface area contributed by atoms with E-state index in [-0.39, 0.29) is 0 Å². The second-order valence-corrected chi connectivity index (χ2v) is 4.84. The van der Waals surface area contributed by atoms with Gasteiger partial charge in [-0.2, -0.15) is 11.8 Å². The van der Waals surface area contributed by atoms with Gasteiger partial charge in [-0.1, -0.05) is 16.1 Å². The van der Waals surface area contributed by atoms with Crippen LogP contribution in [0.15, 0.2) is 0 Å². The topological polar surface area (TPSA) is 89.1 Å². The second kappa shape index (κ2) is 5.50. The number of nitrogens with zero attached hydrogens (tertiary/aromatic N) is 2. The van der Waals surface area contributed by atoms with Crippen LogP contribution in [0, 0.1) is 0 Å². The van der Waals surface area contributed by atoms with E-state index in [1.807, 2.05) is 0 Å². The number of rotatable bonds is 5. The molecule has 3 N–H and O–H groups in total. The molecule has 0 saturated carbocycles. The molecule has 0 radical (unpaired) electrons. The molecule has 78 valence electrons. The summed E-state index contributed by atoms with van der Waals surface area (Å²) < 4.78 is 4.20. The van der Waals surface area contributed by atoms with E-state index in [9.17, 15) is 4.79 Å². The van der Waals surface area contributed by atoms with Gasteiger partial charge in [-0.3, -0.25) is 4.79 Å². The van der Waals surface area contributed by atoms with Crippen LogP contribution in [0.4, 0.5) is 0 Å². The average Bonchev–Trinajstić information content (AvgIpc) is 2.51. The molecule has 1 aromatic heterocycles.